The van der Waals surface area contributed by atoms with Gasteiger partial charge in [-0.3, -0.25) is 0 Å². The molecule has 0 amide bonds. The van der Waals surface area contributed by atoms with Crippen LogP contribution in [0.25, 0.3) is 0 Å². The summed E-state index contributed by atoms with van der Waals surface area (Å²) in [7, 11) is -4.33. The van der Waals surface area contributed by atoms with Gasteiger partial charge < -0.3 is 4.90 Å². The van der Waals surface area contributed by atoms with Crippen LogP contribution in [0.4, 0.5) is 18.3 Å². The van der Waals surface area contributed by atoms with E-state index in [1.165, 1.54) is 11.3 Å². The number of hydrogen-bond donors (Lipinski definition) is 1. The number of alkyl halides is 3. The Balaban J connectivity index is 1.67. The summed E-state index contributed by atoms with van der Waals surface area (Å²) in [5.74, 6) is 0. The van der Waals surface area contributed by atoms with E-state index in [1.54, 1.807) is 0 Å². The van der Waals surface area contributed by atoms with E-state index >= 15 is 0 Å². The maximum absolute atomic E-state index is 13.1. The summed E-state index contributed by atoms with van der Waals surface area (Å²) in [5, 5.41) is 2.55. The number of nitrogens with one attached hydrogen (secondary N) is 1. The zero-order valence-corrected chi connectivity index (χ0v) is 16.5. The molecule has 1 saturated heterocycles. The Morgan fingerprint density at radius 3 is 2.63 bits per heavy atom. The summed E-state index contributed by atoms with van der Waals surface area (Å²) in [4.78, 5) is 5.80. The first kappa shape index (κ1) is 20.4. The molecule has 0 bridgehead atoms. The molecular formula is C16H17ClF3N3O2S2. The third-order valence-electron chi connectivity index (χ3n) is 4.13. The quantitative estimate of drug-likeness (QED) is 0.740. The van der Waals surface area contributed by atoms with E-state index in [1.807, 2.05) is 5.38 Å². The second kappa shape index (κ2) is 7.94. The minimum absolute atomic E-state index is 0.0502. The molecule has 1 fully saturated rings. The van der Waals surface area contributed by atoms with Crippen LogP contribution in [-0.2, 0) is 22.6 Å². The van der Waals surface area contributed by atoms with E-state index in [4.69, 9.17) is 11.6 Å². The van der Waals surface area contributed by atoms with Crippen molar-refractivity contribution in [3.8, 4) is 0 Å². The Labute approximate surface area is 164 Å². The zero-order chi connectivity index (χ0) is 19.7. The number of hydrogen-bond acceptors (Lipinski definition) is 5. The number of rotatable bonds is 6. The first-order valence-corrected chi connectivity index (χ1v) is 11.0. The first-order chi connectivity index (χ1) is 12.7. The van der Waals surface area contributed by atoms with Gasteiger partial charge in [0.15, 0.2) is 5.13 Å². The number of thiazole rings is 1. The molecule has 0 aliphatic carbocycles. The molecule has 2 heterocycles. The van der Waals surface area contributed by atoms with Crippen LogP contribution in [0.5, 0.6) is 0 Å². The standard InChI is InChI=1S/C16H17ClF3N3O2S2/c17-11-3-4-14(13(9-11)16(18,19)20)27(24,25)21-6-5-12-10-26-15(22-12)23-7-1-2-8-23/h3-4,9-10,21H,1-2,5-8H2. The van der Waals surface area contributed by atoms with Crippen molar-refractivity contribution in [1.29, 1.82) is 0 Å². The summed E-state index contributed by atoms with van der Waals surface area (Å²) < 4.78 is 66.3. The van der Waals surface area contributed by atoms with Crippen LogP contribution in [0.1, 0.15) is 24.1 Å². The lowest BCUT2D eigenvalue weighted by molar-refractivity contribution is -0.139. The molecule has 1 aliphatic rings. The molecule has 0 spiro atoms. The Morgan fingerprint density at radius 1 is 1.26 bits per heavy atom. The monoisotopic (exact) mass is 439 g/mol. The minimum atomic E-state index is -4.82. The van der Waals surface area contributed by atoms with E-state index in [-0.39, 0.29) is 11.6 Å². The van der Waals surface area contributed by atoms with E-state index in [9.17, 15) is 21.6 Å². The average Bonchev–Trinajstić information content (AvgIpc) is 3.24. The van der Waals surface area contributed by atoms with Crippen molar-refractivity contribution in [2.24, 2.45) is 0 Å². The first-order valence-electron chi connectivity index (χ1n) is 8.22. The van der Waals surface area contributed by atoms with Gasteiger partial charge in [0.05, 0.1) is 16.2 Å². The summed E-state index contributed by atoms with van der Waals surface area (Å²) in [6, 6.07) is 2.59. The molecule has 1 aromatic carbocycles. The van der Waals surface area contributed by atoms with Gasteiger partial charge in [0.2, 0.25) is 10.0 Å². The molecular weight excluding hydrogens is 423 g/mol. The van der Waals surface area contributed by atoms with Crippen molar-refractivity contribution < 1.29 is 21.6 Å². The molecule has 2 aromatic rings. The molecule has 1 aromatic heterocycles. The Hall–Kier alpha value is -1.36. The van der Waals surface area contributed by atoms with Crippen LogP contribution in [0.2, 0.25) is 5.02 Å². The van der Waals surface area contributed by atoms with Crippen LogP contribution in [-0.4, -0.2) is 33.0 Å². The molecule has 5 nitrogen and oxygen atoms in total. The van der Waals surface area contributed by atoms with Gasteiger partial charge in [-0.15, -0.1) is 11.3 Å². The molecule has 148 valence electrons. The average molecular weight is 440 g/mol. The number of halogens is 4. The van der Waals surface area contributed by atoms with Crippen molar-refractivity contribution in [1.82, 2.24) is 9.71 Å². The molecule has 3 rings (SSSR count). The SMILES string of the molecule is O=S(=O)(NCCc1csc(N2CCCC2)n1)c1ccc(Cl)cc1C(F)(F)F. The highest BCUT2D eigenvalue weighted by Gasteiger charge is 2.37. The summed E-state index contributed by atoms with van der Waals surface area (Å²) in [5.41, 5.74) is -0.579. The fraction of sp³-hybridized carbons (Fsp3) is 0.438. The van der Waals surface area contributed by atoms with E-state index < -0.39 is 26.7 Å². The normalized spacial score (nSPS) is 15.5. The van der Waals surface area contributed by atoms with Gasteiger partial charge in [-0.1, -0.05) is 11.6 Å². The van der Waals surface area contributed by atoms with Crippen LogP contribution in [0.15, 0.2) is 28.5 Å². The number of sulfonamides is 1. The van der Waals surface area contributed by atoms with Crippen molar-refractivity contribution in [2.45, 2.75) is 30.3 Å². The largest absolute Gasteiger partial charge is 0.417 e. The van der Waals surface area contributed by atoms with E-state index in [0.29, 0.717) is 18.2 Å². The lowest BCUT2D eigenvalue weighted by Gasteiger charge is -2.14. The molecule has 0 radical (unpaired) electrons. The fourth-order valence-corrected chi connectivity index (χ4v) is 5.14. The number of benzene rings is 1. The van der Waals surface area contributed by atoms with Gasteiger partial charge in [-0.2, -0.15) is 13.2 Å². The molecule has 11 heteroatoms. The van der Waals surface area contributed by atoms with Gasteiger partial charge in [-0.25, -0.2) is 18.1 Å². The Bertz CT molecular complexity index is 910. The van der Waals surface area contributed by atoms with Gasteiger partial charge in [0.25, 0.3) is 0 Å². The Morgan fingerprint density at radius 2 is 1.96 bits per heavy atom. The third-order valence-corrected chi connectivity index (χ3v) is 6.83. The maximum Gasteiger partial charge on any atom is 0.417 e. The fourth-order valence-electron chi connectivity index (χ4n) is 2.81. The van der Waals surface area contributed by atoms with Crippen molar-refractivity contribution in [3.05, 3.63) is 39.9 Å². The van der Waals surface area contributed by atoms with Gasteiger partial charge in [0, 0.05) is 36.5 Å². The second-order valence-electron chi connectivity index (χ2n) is 6.10. The summed E-state index contributed by atoms with van der Waals surface area (Å²) >= 11 is 7.07. The molecule has 0 unspecified atom stereocenters. The zero-order valence-electron chi connectivity index (χ0n) is 14.1. The summed E-state index contributed by atoms with van der Waals surface area (Å²) in [6.07, 6.45) is -2.29. The molecule has 1 N–H and O–H groups in total. The van der Waals surface area contributed by atoms with Crippen LogP contribution >= 0.6 is 22.9 Å². The lowest BCUT2D eigenvalue weighted by Crippen LogP contribution is -2.28. The highest BCUT2D eigenvalue weighted by Crippen LogP contribution is 2.35. The minimum Gasteiger partial charge on any atom is -0.348 e. The van der Waals surface area contributed by atoms with E-state index in [2.05, 4.69) is 14.6 Å². The van der Waals surface area contributed by atoms with Gasteiger partial charge >= 0.3 is 6.18 Å². The molecule has 0 atom stereocenters. The highest BCUT2D eigenvalue weighted by atomic mass is 35.5. The number of nitrogens with zero attached hydrogens (tertiary/aromatic N) is 2. The van der Waals surface area contributed by atoms with Gasteiger partial charge in [-0.05, 0) is 31.0 Å². The Kier molecular flexibility index (Phi) is 5.99. The van der Waals surface area contributed by atoms with Crippen molar-refractivity contribution in [2.75, 3.05) is 24.5 Å². The second-order valence-corrected chi connectivity index (χ2v) is 9.11. The topological polar surface area (TPSA) is 62.3 Å². The predicted octanol–water partition coefficient (Wildman–Crippen LogP) is 3.94. The van der Waals surface area contributed by atoms with E-state index in [0.717, 1.165) is 43.2 Å². The molecule has 0 saturated carbocycles. The van der Waals surface area contributed by atoms with Gasteiger partial charge in [0.1, 0.15) is 0 Å². The molecule has 27 heavy (non-hydrogen) atoms. The van der Waals surface area contributed by atoms with Crippen molar-refractivity contribution >= 4 is 38.1 Å². The highest BCUT2D eigenvalue weighted by molar-refractivity contribution is 7.89. The van der Waals surface area contributed by atoms with Crippen LogP contribution in [0, 0.1) is 0 Å². The van der Waals surface area contributed by atoms with Crippen molar-refractivity contribution in [3.63, 3.8) is 0 Å². The maximum atomic E-state index is 13.1. The third kappa shape index (κ3) is 4.92. The van der Waals surface area contributed by atoms with Crippen LogP contribution < -0.4 is 9.62 Å². The predicted molar refractivity (Wildman–Crippen MR) is 98.9 cm³/mol. The summed E-state index contributed by atoms with van der Waals surface area (Å²) in [6.45, 7) is 1.86. The number of anilines is 1. The number of aromatic nitrogens is 1. The van der Waals surface area contributed by atoms with Crippen LogP contribution in [0.3, 0.4) is 0 Å². The lowest BCUT2D eigenvalue weighted by atomic mass is 10.2. The molecule has 1 aliphatic heterocycles. The smallest absolute Gasteiger partial charge is 0.348 e.